The minimum atomic E-state index is 0.321. The van der Waals surface area contributed by atoms with Gasteiger partial charge in [0, 0.05) is 34.1 Å². The number of nitrogens with zero attached hydrogens (tertiary/aromatic N) is 2. The Bertz CT molecular complexity index is 865. The van der Waals surface area contributed by atoms with Crippen LogP contribution in [0.2, 0.25) is 0 Å². The molecule has 2 heterocycles. The molecule has 0 N–H and O–H groups in total. The van der Waals surface area contributed by atoms with Crippen LogP contribution in [0.1, 0.15) is 28.3 Å². The van der Waals surface area contributed by atoms with Gasteiger partial charge in [-0.25, -0.2) is 0 Å². The molecular weight excluding hydrogens is 308 g/mol. The fraction of sp³-hybridized carbons (Fsp3) is 0.158. The van der Waals surface area contributed by atoms with E-state index >= 15 is 0 Å². The predicted molar refractivity (Wildman–Crippen MR) is 91.2 cm³/mol. The van der Waals surface area contributed by atoms with E-state index in [-0.39, 0.29) is 0 Å². The van der Waals surface area contributed by atoms with Crippen molar-refractivity contribution >= 4 is 11.6 Å². The summed E-state index contributed by atoms with van der Waals surface area (Å²) in [5.41, 5.74) is 5.63. The van der Waals surface area contributed by atoms with Crippen molar-refractivity contribution in [3.8, 4) is 23.1 Å². The summed E-state index contributed by atoms with van der Waals surface area (Å²) >= 11 is 5.72. The third kappa shape index (κ3) is 3.80. The number of aromatic nitrogens is 2. The van der Waals surface area contributed by atoms with Crippen molar-refractivity contribution in [1.29, 1.82) is 0 Å². The predicted octanol–water partition coefficient (Wildman–Crippen LogP) is 4.49. The van der Waals surface area contributed by atoms with Crippen LogP contribution in [-0.2, 0) is 5.88 Å². The number of pyridine rings is 1. The van der Waals surface area contributed by atoms with Gasteiger partial charge in [0.05, 0.1) is 5.88 Å². The molecule has 3 rings (SSSR count). The molecule has 0 saturated heterocycles. The number of rotatable bonds is 2. The Morgan fingerprint density at radius 2 is 1.61 bits per heavy atom. The first-order chi connectivity index (χ1) is 11.1. The first kappa shape index (κ1) is 15.3. The van der Waals surface area contributed by atoms with Crippen LogP contribution in [-0.4, -0.2) is 10.1 Å². The van der Waals surface area contributed by atoms with Crippen molar-refractivity contribution in [2.24, 2.45) is 0 Å². The van der Waals surface area contributed by atoms with E-state index in [2.05, 4.69) is 22.0 Å². The van der Waals surface area contributed by atoms with Gasteiger partial charge in [-0.05, 0) is 38.1 Å². The highest BCUT2D eigenvalue weighted by Gasteiger charge is 2.05. The van der Waals surface area contributed by atoms with Gasteiger partial charge in [0.1, 0.15) is 5.69 Å². The molecule has 0 amide bonds. The second kappa shape index (κ2) is 6.68. The third-order valence-corrected chi connectivity index (χ3v) is 3.57. The minimum Gasteiger partial charge on any atom is -0.359 e. The standard InChI is InChI=1S/C19H15ClN2O/c1-13-9-16(10-14(2)21-13)4-3-15-5-7-17(8-6-15)19-11-18(12-20)23-22-19/h5-11H,12H2,1-2H3. The van der Waals surface area contributed by atoms with Crippen LogP contribution in [0.5, 0.6) is 0 Å². The SMILES string of the molecule is Cc1cc(C#Cc2ccc(-c3cc(CCl)on3)cc2)cc(C)n1. The molecule has 2 aromatic heterocycles. The lowest BCUT2D eigenvalue weighted by Gasteiger charge is -1.97. The highest BCUT2D eigenvalue weighted by molar-refractivity contribution is 6.16. The van der Waals surface area contributed by atoms with E-state index in [0.29, 0.717) is 11.6 Å². The molecule has 0 radical (unpaired) electrons. The van der Waals surface area contributed by atoms with E-state index in [9.17, 15) is 0 Å². The molecule has 0 unspecified atom stereocenters. The molecule has 114 valence electrons. The zero-order chi connectivity index (χ0) is 16.2. The van der Waals surface area contributed by atoms with Crippen LogP contribution in [0.3, 0.4) is 0 Å². The molecular formula is C19H15ClN2O. The maximum absolute atomic E-state index is 5.72. The van der Waals surface area contributed by atoms with Gasteiger partial charge in [-0.2, -0.15) is 0 Å². The molecule has 3 nitrogen and oxygen atoms in total. The molecule has 0 saturated carbocycles. The molecule has 0 aliphatic rings. The monoisotopic (exact) mass is 322 g/mol. The normalized spacial score (nSPS) is 10.2. The topological polar surface area (TPSA) is 38.9 Å². The van der Waals surface area contributed by atoms with Crippen LogP contribution < -0.4 is 0 Å². The zero-order valence-corrected chi connectivity index (χ0v) is 13.7. The lowest BCUT2D eigenvalue weighted by molar-refractivity contribution is 0.396. The first-order valence-corrected chi connectivity index (χ1v) is 7.77. The Labute approximate surface area is 140 Å². The quantitative estimate of drug-likeness (QED) is 0.515. The summed E-state index contributed by atoms with van der Waals surface area (Å²) < 4.78 is 5.11. The molecule has 0 aliphatic carbocycles. The molecule has 0 fully saturated rings. The number of hydrogen-bond acceptors (Lipinski definition) is 3. The van der Waals surface area contributed by atoms with Gasteiger partial charge in [0.2, 0.25) is 0 Å². The van der Waals surface area contributed by atoms with E-state index in [1.807, 2.05) is 56.3 Å². The lowest BCUT2D eigenvalue weighted by atomic mass is 10.1. The average molecular weight is 323 g/mol. The first-order valence-electron chi connectivity index (χ1n) is 7.23. The van der Waals surface area contributed by atoms with Gasteiger partial charge in [0.25, 0.3) is 0 Å². The molecule has 0 atom stereocenters. The highest BCUT2D eigenvalue weighted by Crippen LogP contribution is 2.20. The summed E-state index contributed by atoms with van der Waals surface area (Å²) in [5.74, 6) is 7.32. The molecule has 0 spiro atoms. The summed E-state index contributed by atoms with van der Waals surface area (Å²) in [4.78, 5) is 4.35. The Kier molecular flexibility index (Phi) is 4.45. The third-order valence-electron chi connectivity index (χ3n) is 3.30. The van der Waals surface area contributed by atoms with E-state index in [1.54, 1.807) is 0 Å². The lowest BCUT2D eigenvalue weighted by Crippen LogP contribution is -1.87. The van der Waals surface area contributed by atoms with Crippen LogP contribution in [0.25, 0.3) is 11.3 Å². The molecule has 1 aromatic carbocycles. The van der Waals surface area contributed by atoms with Crippen LogP contribution in [0.4, 0.5) is 0 Å². The molecule has 23 heavy (non-hydrogen) atoms. The molecule has 0 aliphatic heterocycles. The Morgan fingerprint density at radius 1 is 0.957 bits per heavy atom. The Morgan fingerprint density at radius 3 is 2.22 bits per heavy atom. The minimum absolute atomic E-state index is 0.321. The fourth-order valence-electron chi connectivity index (χ4n) is 2.29. The van der Waals surface area contributed by atoms with Gasteiger partial charge in [0.15, 0.2) is 5.76 Å². The molecule has 3 aromatic rings. The van der Waals surface area contributed by atoms with Gasteiger partial charge in [-0.1, -0.05) is 29.1 Å². The second-order valence-corrected chi connectivity index (χ2v) is 5.55. The van der Waals surface area contributed by atoms with E-state index < -0.39 is 0 Å². The average Bonchev–Trinajstić information content (AvgIpc) is 3.02. The van der Waals surface area contributed by atoms with Gasteiger partial charge < -0.3 is 4.52 Å². The summed E-state index contributed by atoms with van der Waals surface area (Å²) in [5, 5.41) is 4.00. The van der Waals surface area contributed by atoms with Crippen molar-refractivity contribution in [3.63, 3.8) is 0 Å². The van der Waals surface area contributed by atoms with E-state index in [0.717, 1.165) is 33.8 Å². The number of halogens is 1. The fourth-order valence-corrected chi connectivity index (χ4v) is 2.41. The maximum atomic E-state index is 5.72. The van der Waals surface area contributed by atoms with Crippen molar-refractivity contribution in [2.75, 3.05) is 0 Å². The molecule has 0 bridgehead atoms. The zero-order valence-electron chi connectivity index (χ0n) is 12.9. The van der Waals surface area contributed by atoms with Gasteiger partial charge in [-0.15, -0.1) is 11.6 Å². The number of alkyl halides is 1. The maximum Gasteiger partial charge on any atom is 0.152 e. The van der Waals surface area contributed by atoms with Crippen molar-refractivity contribution in [2.45, 2.75) is 19.7 Å². The summed E-state index contributed by atoms with van der Waals surface area (Å²) in [6, 6.07) is 13.7. The van der Waals surface area contributed by atoms with Gasteiger partial charge >= 0.3 is 0 Å². The van der Waals surface area contributed by atoms with Crippen molar-refractivity contribution in [1.82, 2.24) is 10.1 Å². The molecule has 4 heteroatoms. The van der Waals surface area contributed by atoms with Crippen molar-refractivity contribution in [3.05, 3.63) is 70.7 Å². The van der Waals surface area contributed by atoms with Gasteiger partial charge in [-0.3, -0.25) is 4.98 Å². The number of aryl methyl sites for hydroxylation is 2. The second-order valence-electron chi connectivity index (χ2n) is 5.28. The highest BCUT2D eigenvalue weighted by atomic mass is 35.5. The van der Waals surface area contributed by atoms with Crippen LogP contribution in [0, 0.1) is 25.7 Å². The van der Waals surface area contributed by atoms with E-state index in [1.165, 1.54) is 0 Å². The largest absolute Gasteiger partial charge is 0.359 e. The summed E-state index contributed by atoms with van der Waals surface area (Å²) in [7, 11) is 0. The summed E-state index contributed by atoms with van der Waals surface area (Å²) in [6.07, 6.45) is 0. The smallest absolute Gasteiger partial charge is 0.152 e. The van der Waals surface area contributed by atoms with E-state index in [4.69, 9.17) is 16.1 Å². The Hall–Kier alpha value is -2.57. The van der Waals surface area contributed by atoms with Crippen molar-refractivity contribution < 1.29 is 4.52 Å². The number of benzene rings is 1. The van der Waals surface area contributed by atoms with Crippen LogP contribution in [0.15, 0.2) is 47.0 Å². The Balaban J connectivity index is 1.81. The number of hydrogen-bond donors (Lipinski definition) is 0. The summed E-state index contributed by atoms with van der Waals surface area (Å²) in [6.45, 7) is 3.94. The van der Waals surface area contributed by atoms with Crippen LogP contribution >= 0.6 is 11.6 Å².